The zero-order valence-electron chi connectivity index (χ0n) is 7.58. The van der Waals surface area contributed by atoms with E-state index in [0.717, 1.165) is 0 Å². The van der Waals surface area contributed by atoms with Crippen LogP contribution in [0.2, 0.25) is 0 Å². The first-order chi connectivity index (χ1) is 6.46. The van der Waals surface area contributed by atoms with Gasteiger partial charge in [-0.2, -0.15) is 0 Å². The van der Waals surface area contributed by atoms with Crippen LogP contribution in [-0.4, -0.2) is 62.3 Å². The summed E-state index contributed by atoms with van der Waals surface area (Å²) in [5.41, 5.74) is 0. The summed E-state index contributed by atoms with van der Waals surface area (Å²) < 4.78 is 4.85. The molecular formula is C8H15O6. The fraction of sp³-hybridized carbons (Fsp3) is 0.875. The molecule has 0 aromatic rings. The first-order valence-corrected chi connectivity index (χ1v) is 4.30. The Morgan fingerprint density at radius 2 is 1.79 bits per heavy atom. The molecule has 0 spiro atoms. The van der Waals surface area contributed by atoms with Crippen LogP contribution in [0.4, 0.5) is 0 Å². The number of aliphatic hydroxyl groups is 5. The van der Waals surface area contributed by atoms with Crippen molar-refractivity contribution in [2.75, 3.05) is 6.61 Å². The smallest absolute Gasteiger partial charge is 0.195 e. The van der Waals surface area contributed by atoms with Crippen molar-refractivity contribution in [3.05, 3.63) is 6.92 Å². The van der Waals surface area contributed by atoms with Gasteiger partial charge in [0.15, 0.2) is 5.79 Å². The maximum absolute atomic E-state index is 9.62. The van der Waals surface area contributed by atoms with E-state index in [2.05, 4.69) is 6.92 Å². The van der Waals surface area contributed by atoms with Gasteiger partial charge in [0.2, 0.25) is 0 Å². The lowest BCUT2D eigenvalue weighted by Gasteiger charge is -2.45. The average Bonchev–Trinajstić information content (AvgIpc) is 2.20. The summed E-state index contributed by atoms with van der Waals surface area (Å²) in [5.74, 6) is -2.02. The normalized spacial score (nSPS) is 49.3. The van der Waals surface area contributed by atoms with Crippen LogP contribution in [0.1, 0.15) is 6.42 Å². The molecule has 1 fully saturated rings. The molecule has 0 aliphatic carbocycles. The van der Waals surface area contributed by atoms with Gasteiger partial charge < -0.3 is 30.3 Å². The second-order valence-electron chi connectivity index (χ2n) is 3.36. The third kappa shape index (κ3) is 1.77. The van der Waals surface area contributed by atoms with Crippen LogP contribution in [0.3, 0.4) is 0 Å². The van der Waals surface area contributed by atoms with E-state index in [1.807, 2.05) is 0 Å². The molecule has 0 aromatic carbocycles. The van der Waals surface area contributed by atoms with Gasteiger partial charge in [0.1, 0.15) is 24.4 Å². The van der Waals surface area contributed by atoms with Crippen LogP contribution < -0.4 is 0 Å². The summed E-state index contributed by atoms with van der Waals surface area (Å²) in [6.45, 7) is 2.79. The minimum atomic E-state index is -2.02. The number of rotatable bonds is 2. The molecule has 1 aliphatic heterocycles. The minimum absolute atomic E-state index is 0.200. The topological polar surface area (TPSA) is 110 Å². The summed E-state index contributed by atoms with van der Waals surface area (Å²) in [6, 6.07) is 0. The number of hydrogen-bond acceptors (Lipinski definition) is 6. The summed E-state index contributed by atoms with van der Waals surface area (Å²) in [4.78, 5) is 0. The van der Waals surface area contributed by atoms with Gasteiger partial charge in [0.05, 0.1) is 6.61 Å². The molecule has 83 valence electrons. The molecule has 1 aliphatic rings. The molecule has 0 saturated carbocycles. The zero-order valence-corrected chi connectivity index (χ0v) is 7.58. The maximum Gasteiger partial charge on any atom is 0.195 e. The van der Waals surface area contributed by atoms with Gasteiger partial charge in [-0.1, -0.05) is 0 Å². The second-order valence-corrected chi connectivity index (χ2v) is 3.36. The van der Waals surface area contributed by atoms with Crippen LogP contribution in [-0.2, 0) is 4.74 Å². The lowest BCUT2D eigenvalue weighted by atomic mass is 9.91. The first kappa shape index (κ1) is 11.8. The van der Waals surface area contributed by atoms with Crippen LogP contribution in [0.25, 0.3) is 0 Å². The lowest BCUT2D eigenvalue weighted by Crippen LogP contribution is -2.64. The van der Waals surface area contributed by atoms with E-state index in [0.29, 0.717) is 0 Å². The Labute approximate surface area is 81.4 Å². The van der Waals surface area contributed by atoms with Gasteiger partial charge in [-0.15, -0.1) is 0 Å². The Bertz CT molecular complexity index is 196. The molecule has 0 aromatic heterocycles. The molecule has 1 radical (unpaired) electrons. The SMILES string of the molecule is [CH2]C[C@]1(O)O[C@H](CO)[C@@H](O)[C@H](O)[C@@H]1O. The molecule has 6 heteroatoms. The molecule has 0 unspecified atom stereocenters. The highest BCUT2D eigenvalue weighted by Gasteiger charge is 2.51. The molecule has 0 amide bonds. The van der Waals surface area contributed by atoms with E-state index in [1.54, 1.807) is 0 Å². The molecule has 0 bridgehead atoms. The molecule has 1 rings (SSSR count). The van der Waals surface area contributed by atoms with Crippen molar-refractivity contribution < 1.29 is 30.3 Å². The van der Waals surface area contributed by atoms with E-state index in [9.17, 15) is 20.4 Å². The quantitative estimate of drug-likeness (QED) is 0.339. The average molecular weight is 207 g/mol. The Morgan fingerprint density at radius 3 is 2.21 bits per heavy atom. The highest BCUT2D eigenvalue weighted by Crippen LogP contribution is 2.30. The van der Waals surface area contributed by atoms with Crippen molar-refractivity contribution in [2.45, 2.75) is 36.6 Å². The van der Waals surface area contributed by atoms with Crippen molar-refractivity contribution in [3.8, 4) is 0 Å². The zero-order chi connectivity index (χ0) is 10.9. The van der Waals surface area contributed by atoms with Gasteiger partial charge in [-0.3, -0.25) is 0 Å². The van der Waals surface area contributed by atoms with Crippen molar-refractivity contribution in [1.82, 2.24) is 0 Å². The van der Waals surface area contributed by atoms with Gasteiger partial charge in [0.25, 0.3) is 0 Å². The van der Waals surface area contributed by atoms with E-state index in [1.165, 1.54) is 0 Å². The van der Waals surface area contributed by atoms with E-state index in [-0.39, 0.29) is 6.42 Å². The largest absolute Gasteiger partial charge is 0.394 e. The fourth-order valence-electron chi connectivity index (χ4n) is 1.43. The number of aliphatic hydroxyl groups excluding tert-OH is 4. The van der Waals surface area contributed by atoms with Crippen LogP contribution in [0.5, 0.6) is 0 Å². The first-order valence-electron chi connectivity index (χ1n) is 4.30. The molecule has 6 nitrogen and oxygen atoms in total. The van der Waals surface area contributed by atoms with Crippen molar-refractivity contribution >= 4 is 0 Å². The third-order valence-electron chi connectivity index (χ3n) is 2.41. The highest BCUT2D eigenvalue weighted by atomic mass is 16.7. The monoisotopic (exact) mass is 207 g/mol. The minimum Gasteiger partial charge on any atom is -0.394 e. The summed E-state index contributed by atoms with van der Waals surface area (Å²) in [7, 11) is 0. The van der Waals surface area contributed by atoms with Crippen molar-refractivity contribution in [3.63, 3.8) is 0 Å². The Kier molecular flexibility index (Phi) is 3.46. The molecular weight excluding hydrogens is 192 g/mol. The third-order valence-corrected chi connectivity index (χ3v) is 2.41. The van der Waals surface area contributed by atoms with E-state index >= 15 is 0 Å². The van der Waals surface area contributed by atoms with E-state index < -0.39 is 36.8 Å². The van der Waals surface area contributed by atoms with Gasteiger partial charge >= 0.3 is 0 Å². The predicted molar refractivity (Wildman–Crippen MR) is 44.9 cm³/mol. The summed E-state index contributed by atoms with van der Waals surface area (Å²) in [6.07, 6.45) is -5.96. The second kappa shape index (κ2) is 4.09. The standard InChI is InChI=1S/C8H15O6/c1-2-8(13)7(12)6(11)5(10)4(3-9)14-8/h4-7,9-13H,1-3H2/t4-,5-,6+,7+,8+/m1/s1. The van der Waals surface area contributed by atoms with Crippen molar-refractivity contribution in [1.29, 1.82) is 0 Å². The molecule has 1 heterocycles. The Balaban J connectivity index is 2.84. The molecule has 14 heavy (non-hydrogen) atoms. The lowest BCUT2D eigenvalue weighted by molar-refractivity contribution is -0.347. The van der Waals surface area contributed by atoms with Gasteiger partial charge in [-0.25, -0.2) is 0 Å². The fourth-order valence-corrected chi connectivity index (χ4v) is 1.43. The van der Waals surface area contributed by atoms with Crippen molar-refractivity contribution in [2.24, 2.45) is 0 Å². The van der Waals surface area contributed by atoms with Crippen LogP contribution in [0.15, 0.2) is 0 Å². The highest BCUT2D eigenvalue weighted by molar-refractivity contribution is 4.96. The van der Waals surface area contributed by atoms with Crippen LogP contribution >= 0.6 is 0 Å². The number of hydrogen-bond donors (Lipinski definition) is 5. The molecule has 1 saturated heterocycles. The van der Waals surface area contributed by atoms with Crippen LogP contribution in [0, 0.1) is 6.92 Å². The van der Waals surface area contributed by atoms with Gasteiger partial charge in [-0.05, 0) is 6.92 Å². The molecule has 5 atom stereocenters. The predicted octanol–water partition coefficient (Wildman–Crippen LogP) is -2.63. The molecule has 5 N–H and O–H groups in total. The maximum atomic E-state index is 9.62. The van der Waals surface area contributed by atoms with E-state index in [4.69, 9.17) is 9.84 Å². The summed E-state index contributed by atoms with van der Waals surface area (Å²) >= 11 is 0. The summed E-state index contributed by atoms with van der Waals surface area (Å²) in [5, 5.41) is 46.4. The van der Waals surface area contributed by atoms with Gasteiger partial charge in [0, 0.05) is 6.42 Å². The number of ether oxygens (including phenoxy) is 1. The Hall–Kier alpha value is -0.240. The Morgan fingerprint density at radius 1 is 1.21 bits per heavy atom.